The number of phenols is 1. The molecule has 2 rings (SSSR count). The Kier molecular flexibility index (Phi) is 7.82. The average Bonchev–Trinajstić information content (AvgIpc) is 2.39. The largest absolute Gasteiger partial charge is 0.502 e. The molecule has 1 heterocycles. The van der Waals surface area contributed by atoms with E-state index < -0.39 is 4.92 Å². The van der Waals surface area contributed by atoms with Crippen molar-refractivity contribution in [2.75, 3.05) is 26.2 Å². The second-order valence-electron chi connectivity index (χ2n) is 4.47. The van der Waals surface area contributed by atoms with Crippen molar-refractivity contribution in [3.8, 4) is 5.75 Å². The molecular weight excluding hydrogens is 305 g/mol. The molecule has 114 valence electrons. The molecule has 0 radical (unpaired) electrons. The van der Waals surface area contributed by atoms with Crippen LogP contribution in [0.4, 0.5) is 5.69 Å². The Morgan fingerprint density at radius 1 is 1.35 bits per heavy atom. The summed E-state index contributed by atoms with van der Waals surface area (Å²) in [6.07, 6.45) is 0. The number of piperazine rings is 1. The van der Waals surface area contributed by atoms with Gasteiger partial charge in [-0.3, -0.25) is 15.0 Å². The van der Waals surface area contributed by atoms with E-state index in [9.17, 15) is 15.2 Å². The SMILES string of the molecule is C[C@H](c1ccc(O)c([N+](=O)[O-])c1)N1CCNCC1.Cl.Cl. The van der Waals surface area contributed by atoms with Crippen LogP contribution in [0.5, 0.6) is 5.75 Å². The standard InChI is InChI=1S/C12H17N3O3.2ClH/c1-9(14-6-4-13-5-7-14)10-2-3-12(16)11(8-10)15(17)18;;/h2-3,8-9,13,16H,4-7H2,1H3;2*1H/t9-;;/m1../s1. The Morgan fingerprint density at radius 3 is 2.50 bits per heavy atom. The Balaban J connectivity index is 0.00000180. The topological polar surface area (TPSA) is 78.6 Å². The molecule has 0 amide bonds. The third-order valence-electron chi connectivity index (χ3n) is 3.38. The van der Waals surface area contributed by atoms with Crippen molar-refractivity contribution in [1.29, 1.82) is 0 Å². The summed E-state index contributed by atoms with van der Waals surface area (Å²) in [6.45, 7) is 5.75. The second kappa shape index (κ2) is 8.26. The number of nitro groups is 1. The zero-order valence-electron chi connectivity index (χ0n) is 11.1. The zero-order valence-corrected chi connectivity index (χ0v) is 12.7. The minimum Gasteiger partial charge on any atom is -0.502 e. The zero-order chi connectivity index (χ0) is 13.1. The number of nitrogens with one attached hydrogen (secondary N) is 1. The summed E-state index contributed by atoms with van der Waals surface area (Å²) in [6, 6.07) is 4.72. The van der Waals surface area contributed by atoms with Crippen LogP contribution in [-0.4, -0.2) is 41.1 Å². The van der Waals surface area contributed by atoms with Crippen LogP contribution in [0.25, 0.3) is 0 Å². The molecule has 1 saturated heterocycles. The van der Waals surface area contributed by atoms with E-state index in [0.29, 0.717) is 0 Å². The number of rotatable bonds is 3. The molecule has 0 unspecified atom stereocenters. The highest BCUT2D eigenvalue weighted by Crippen LogP contribution is 2.30. The first-order valence-electron chi connectivity index (χ1n) is 6.01. The molecule has 6 nitrogen and oxygen atoms in total. The van der Waals surface area contributed by atoms with Crippen LogP contribution in [0.3, 0.4) is 0 Å². The van der Waals surface area contributed by atoms with Gasteiger partial charge in [0.1, 0.15) is 0 Å². The monoisotopic (exact) mass is 323 g/mol. The molecule has 1 aromatic carbocycles. The first-order valence-corrected chi connectivity index (χ1v) is 6.01. The van der Waals surface area contributed by atoms with Gasteiger partial charge >= 0.3 is 5.69 Å². The molecule has 20 heavy (non-hydrogen) atoms. The maximum absolute atomic E-state index is 10.8. The van der Waals surface area contributed by atoms with Crippen molar-refractivity contribution in [2.45, 2.75) is 13.0 Å². The molecule has 8 heteroatoms. The number of nitro benzene ring substituents is 1. The first kappa shape index (κ1) is 18.9. The summed E-state index contributed by atoms with van der Waals surface area (Å²) in [5.74, 6) is -0.281. The predicted molar refractivity (Wildman–Crippen MR) is 82.1 cm³/mol. The van der Waals surface area contributed by atoms with Crippen LogP contribution < -0.4 is 5.32 Å². The minimum atomic E-state index is -0.552. The first-order chi connectivity index (χ1) is 8.59. The van der Waals surface area contributed by atoms with Gasteiger partial charge in [0.2, 0.25) is 0 Å². The van der Waals surface area contributed by atoms with Crippen molar-refractivity contribution in [2.24, 2.45) is 0 Å². The summed E-state index contributed by atoms with van der Waals surface area (Å²) in [5, 5.41) is 23.5. The molecule has 1 aromatic rings. The van der Waals surface area contributed by atoms with Crippen LogP contribution >= 0.6 is 24.8 Å². The summed E-state index contributed by atoms with van der Waals surface area (Å²) in [4.78, 5) is 12.5. The smallest absolute Gasteiger partial charge is 0.311 e. The lowest BCUT2D eigenvalue weighted by atomic mass is 10.1. The van der Waals surface area contributed by atoms with Crippen molar-refractivity contribution < 1.29 is 10.0 Å². The van der Waals surface area contributed by atoms with Gasteiger partial charge in [0.25, 0.3) is 0 Å². The second-order valence-corrected chi connectivity index (χ2v) is 4.47. The van der Waals surface area contributed by atoms with Gasteiger partial charge in [-0.05, 0) is 18.6 Å². The van der Waals surface area contributed by atoms with E-state index in [2.05, 4.69) is 10.2 Å². The van der Waals surface area contributed by atoms with Gasteiger partial charge in [-0.25, -0.2) is 0 Å². The molecule has 0 bridgehead atoms. The normalized spacial score (nSPS) is 16.6. The Labute approximate surface area is 130 Å². The highest BCUT2D eigenvalue weighted by atomic mass is 35.5. The van der Waals surface area contributed by atoms with Crippen LogP contribution in [0.15, 0.2) is 18.2 Å². The summed E-state index contributed by atoms with van der Waals surface area (Å²) < 4.78 is 0. The number of nitrogens with zero attached hydrogens (tertiary/aromatic N) is 2. The molecule has 1 atom stereocenters. The van der Waals surface area contributed by atoms with Gasteiger partial charge in [-0.1, -0.05) is 6.07 Å². The Morgan fingerprint density at radius 2 is 1.95 bits per heavy atom. The van der Waals surface area contributed by atoms with E-state index in [1.165, 1.54) is 12.1 Å². The third-order valence-corrected chi connectivity index (χ3v) is 3.38. The quantitative estimate of drug-likeness (QED) is 0.658. The molecule has 0 saturated carbocycles. The number of benzene rings is 1. The highest BCUT2D eigenvalue weighted by Gasteiger charge is 2.21. The molecule has 1 aliphatic heterocycles. The Bertz CT molecular complexity index is 454. The van der Waals surface area contributed by atoms with Gasteiger partial charge in [0.15, 0.2) is 5.75 Å². The van der Waals surface area contributed by atoms with Gasteiger partial charge in [-0.2, -0.15) is 0 Å². The molecule has 0 aliphatic carbocycles. The fraction of sp³-hybridized carbons (Fsp3) is 0.500. The maximum atomic E-state index is 10.8. The van der Waals surface area contributed by atoms with Crippen molar-refractivity contribution in [3.05, 3.63) is 33.9 Å². The number of halogens is 2. The molecule has 1 fully saturated rings. The summed E-state index contributed by atoms with van der Waals surface area (Å²) in [5.41, 5.74) is 0.635. The van der Waals surface area contributed by atoms with E-state index in [1.54, 1.807) is 6.07 Å². The fourth-order valence-corrected chi connectivity index (χ4v) is 2.23. The molecular formula is C12H19Cl2N3O3. The van der Waals surface area contributed by atoms with E-state index >= 15 is 0 Å². The van der Waals surface area contributed by atoms with Crippen LogP contribution in [-0.2, 0) is 0 Å². The Hall–Kier alpha value is -1.08. The highest BCUT2D eigenvalue weighted by molar-refractivity contribution is 5.85. The van der Waals surface area contributed by atoms with Crippen LogP contribution in [0.2, 0.25) is 0 Å². The summed E-state index contributed by atoms with van der Waals surface area (Å²) in [7, 11) is 0. The molecule has 1 aliphatic rings. The van der Waals surface area contributed by atoms with Crippen molar-refractivity contribution in [1.82, 2.24) is 10.2 Å². The van der Waals surface area contributed by atoms with Gasteiger partial charge in [-0.15, -0.1) is 24.8 Å². The van der Waals surface area contributed by atoms with Crippen molar-refractivity contribution in [3.63, 3.8) is 0 Å². The van der Waals surface area contributed by atoms with Crippen molar-refractivity contribution >= 4 is 30.5 Å². The van der Waals surface area contributed by atoms with Gasteiger partial charge in [0.05, 0.1) is 4.92 Å². The third kappa shape index (κ3) is 4.21. The number of phenolic OH excluding ortho intramolecular Hbond substituents is 1. The maximum Gasteiger partial charge on any atom is 0.311 e. The summed E-state index contributed by atoms with van der Waals surface area (Å²) >= 11 is 0. The van der Waals surface area contributed by atoms with Gasteiger partial charge < -0.3 is 10.4 Å². The number of hydrogen-bond donors (Lipinski definition) is 2. The van der Waals surface area contributed by atoms with Crippen LogP contribution in [0.1, 0.15) is 18.5 Å². The molecule has 2 N–H and O–H groups in total. The van der Waals surface area contributed by atoms with Crippen LogP contribution in [0, 0.1) is 10.1 Å². The number of aromatic hydroxyl groups is 1. The molecule has 0 spiro atoms. The lowest BCUT2D eigenvalue weighted by molar-refractivity contribution is -0.386. The van der Waals surface area contributed by atoms with Gasteiger partial charge in [0, 0.05) is 38.3 Å². The predicted octanol–water partition coefficient (Wildman–Crippen LogP) is 2.11. The lowest BCUT2D eigenvalue weighted by Crippen LogP contribution is -2.44. The fourth-order valence-electron chi connectivity index (χ4n) is 2.23. The molecule has 0 aromatic heterocycles. The van der Waals surface area contributed by atoms with E-state index in [4.69, 9.17) is 0 Å². The van der Waals surface area contributed by atoms with E-state index in [0.717, 1.165) is 31.7 Å². The number of hydrogen-bond acceptors (Lipinski definition) is 5. The lowest BCUT2D eigenvalue weighted by Gasteiger charge is -2.32. The average molecular weight is 324 g/mol. The van der Waals surface area contributed by atoms with E-state index in [-0.39, 0.29) is 42.3 Å². The minimum absolute atomic E-state index is 0. The van der Waals surface area contributed by atoms with E-state index in [1.807, 2.05) is 6.92 Å².